The molecule has 0 atom stereocenters. The lowest BCUT2D eigenvalue weighted by Crippen LogP contribution is -2.37. The molecule has 1 saturated heterocycles. The van der Waals surface area contributed by atoms with E-state index in [0.717, 1.165) is 5.56 Å². The maximum absolute atomic E-state index is 12.5. The van der Waals surface area contributed by atoms with E-state index in [1.165, 1.54) is 4.31 Å². The summed E-state index contributed by atoms with van der Waals surface area (Å²) in [6, 6.07) is 7.02. The fourth-order valence-corrected chi connectivity index (χ4v) is 3.64. The Morgan fingerprint density at radius 2 is 1.72 bits per heavy atom. The molecule has 2 rings (SSSR count). The van der Waals surface area contributed by atoms with Crippen molar-refractivity contribution >= 4 is 10.0 Å². The summed E-state index contributed by atoms with van der Waals surface area (Å²) in [6.45, 7) is 7.03. The molecule has 0 radical (unpaired) electrons. The average Bonchev–Trinajstić information content (AvgIpc) is 2.55. The van der Waals surface area contributed by atoms with Crippen molar-refractivity contribution < 1.29 is 8.42 Å². The zero-order valence-electron chi connectivity index (χ0n) is 11.3. The number of likely N-dealkylation sites (N-methyl/N-ethyl adjacent to an activating group) is 1. The smallest absolute Gasteiger partial charge is 0.244 e. The van der Waals surface area contributed by atoms with Crippen molar-refractivity contribution in [1.29, 1.82) is 0 Å². The first kappa shape index (κ1) is 13.5. The van der Waals surface area contributed by atoms with Crippen LogP contribution in [0.25, 0.3) is 0 Å². The van der Waals surface area contributed by atoms with Gasteiger partial charge >= 0.3 is 0 Å². The lowest BCUT2D eigenvalue weighted by atomic mass is 10.1. The first-order valence-electron chi connectivity index (χ1n) is 6.01. The van der Waals surface area contributed by atoms with Crippen LogP contribution >= 0.6 is 0 Å². The quantitative estimate of drug-likeness (QED) is 0.819. The van der Waals surface area contributed by atoms with E-state index in [1.807, 2.05) is 26.1 Å². The van der Waals surface area contributed by atoms with Crippen LogP contribution < -0.4 is 0 Å². The second kappa shape index (κ2) is 4.33. The normalized spacial score (nSPS) is 21.3. The Bertz CT molecular complexity index is 535. The molecule has 0 N–H and O–H groups in total. The first-order chi connectivity index (χ1) is 8.23. The van der Waals surface area contributed by atoms with Gasteiger partial charge < -0.3 is 0 Å². The molecule has 1 aromatic carbocycles. The highest BCUT2D eigenvalue weighted by Gasteiger charge is 2.40. The average molecular weight is 268 g/mol. The molecular formula is C13H20N2O2S. The van der Waals surface area contributed by atoms with Crippen molar-refractivity contribution in [2.45, 2.75) is 31.2 Å². The number of aryl methyl sites for hydroxylation is 1. The number of rotatable bonds is 2. The fourth-order valence-electron chi connectivity index (χ4n) is 2.05. The largest absolute Gasteiger partial charge is 0.286 e. The molecule has 1 aliphatic rings. The van der Waals surface area contributed by atoms with Crippen LogP contribution in [-0.4, -0.2) is 43.4 Å². The molecule has 18 heavy (non-hydrogen) atoms. The van der Waals surface area contributed by atoms with Crippen LogP contribution in [-0.2, 0) is 10.0 Å². The van der Waals surface area contributed by atoms with Crippen LogP contribution in [0.3, 0.4) is 0 Å². The molecule has 0 aromatic heterocycles. The molecule has 0 saturated carbocycles. The summed E-state index contributed by atoms with van der Waals surface area (Å²) in [6.07, 6.45) is 0. The van der Waals surface area contributed by atoms with Gasteiger partial charge in [-0.05, 0) is 40.0 Å². The maximum atomic E-state index is 12.5. The van der Waals surface area contributed by atoms with Crippen molar-refractivity contribution in [3.63, 3.8) is 0 Å². The van der Waals surface area contributed by atoms with Crippen LogP contribution in [0.15, 0.2) is 29.2 Å². The summed E-state index contributed by atoms with van der Waals surface area (Å²) in [5.74, 6) is 0. The van der Waals surface area contributed by atoms with Crippen molar-refractivity contribution in [2.24, 2.45) is 0 Å². The van der Waals surface area contributed by atoms with Crippen LogP contribution in [0.2, 0.25) is 0 Å². The molecule has 1 aromatic rings. The minimum atomic E-state index is -3.37. The van der Waals surface area contributed by atoms with Crippen LogP contribution in [0.5, 0.6) is 0 Å². The van der Waals surface area contributed by atoms with E-state index >= 15 is 0 Å². The van der Waals surface area contributed by atoms with E-state index in [1.54, 1.807) is 12.1 Å². The van der Waals surface area contributed by atoms with E-state index in [-0.39, 0.29) is 5.54 Å². The molecule has 4 nitrogen and oxygen atoms in total. The molecular weight excluding hydrogens is 248 g/mol. The van der Waals surface area contributed by atoms with Gasteiger partial charge in [-0.15, -0.1) is 0 Å². The number of hydrogen-bond donors (Lipinski definition) is 0. The van der Waals surface area contributed by atoms with Crippen molar-refractivity contribution in [2.75, 3.05) is 20.3 Å². The number of nitrogens with zero attached hydrogens (tertiary/aromatic N) is 2. The Morgan fingerprint density at radius 3 is 2.17 bits per heavy atom. The third-order valence-corrected chi connectivity index (χ3v) is 5.42. The lowest BCUT2D eigenvalue weighted by Gasteiger charge is -2.25. The number of sulfonamides is 1. The molecule has 0 aliphatic carbocycles. The highest BCUT2D eigenvalue weighted by Crippen LogP contribution is 2.27. The summed E-state index contributed by atoms with van der Waals surface area (Å²) in [7, 11) is -1.42. The monoisotopic (exact) mass is 268 g/mol. The zero-order valence-corrected chi connectivity index (χ0v) is 12.2. The predicted octanol–water partition coefficient (Wildman–Crippen LogP) is 1.67. The summed E-state index contributed by atoms with van der Waals surface area (Å²) in [4.78, 5) is 2.43. The first-order valence-corrected chi connectivity index (χ1v) is 7.45. The Balaban J connectivity index is 2.31. The SMILES string of the molecule is Cc1ccc(S(=O)(=O)N2CN(C)C(C)(C)C2)cc1. The fraction of sp³-hybridized carbons (Fsp3) is 0.538. The minimum Gasteiger partial charge on any atom is -0.286 e. The van der Waals surface area contributed by atoms with E-state index < -0.39 is 10.0 Å². The molecule has 5 heteroatoms. The van der Waals surface area contributed by atoms with Gasteiger partial charge in [0.25, 0.3) is 0 Å². The Hall–Kier alpha value is -0.910. The van der Waals surface area contributed by atoms with Gasteiger partial charge in [0.1, 0.15) is 0 Å². The highest BCUT2D eigenvalue weighted by atomic mass is 32.2. The van der Waals surface area contributed by atoms with Crippen LogP contribution in [0, 0.1) is 6.92 Å². The third-order valence-electron chi connectivity index (χ3n) is 3.63. The Morgan fingerprint density at radius 1 is 1.17 bits per heavy atom. The van der Waals surface area contributed by atoms with Gasteiger partial charge in [0.05, 0.1) is 11.6 Å². The van der Waals surface area contributed by atoms with Gasteiger partial charge in [-0.2, -0.15) is 4.31 Å². The number of hydrogen-bond acceptors (Lipinski definition) is 3. The van der Waals surface area contributed by atoms with Gasteiger partial charge in [-0.1, -0.05) is 17.7 Å². The topological polar surface area (TPSA) is 40.6 Å². The Kier molecular flexibility index (Phi) is 3.25. The number of benzene rings is 1. The van der Waals surface area contributed by atoms with E-state index in [4.69, 9.17) is 0 Å². The third kappa shape index (κ3) is 2.30. The van der Waals surface area contributed by atoms with Gasteiger partial charge in [0.15, 0.2) is 0 Å². The van der Waals surface area contributed by atoms with Gasteiger partial charge in [-0.25, -0.2) is 8.42 Å². The minimum absolute atomic E-state index is 0.113. The molecule has 1 aliphatic heterocycles. The Labute approximate surface area is 109 Å². The second-order valence-corrected chi connectivity index (χ2v) is 7.52. The molecule has 0 unspecified atom stereocenters. The molecule has 0 bridgehead atoms. The molecule has 1 heterocycles. The summed E-state index contributed by atoms with van der Waals surface area (Å²) >= 11 is 0. The van der Waals surface area contributed by atoms with E-state index in [9.17, 15) is 8.42 Å². The molecule has 0 spiro atoms. The summed E-state index contributed by atoms with van der Waals surface area (Å²) in [5.41, 5.74) is 0.949. The molecule has 0 amide bonds. The van der Waals surface area contributed by atoms with E-state index in [2.05, 4.69) is 18.7 Å². The second-order valence-electron chi connectivity index (χ2n) is 5.58. The van der Waals surface area contributed by atoms with Crippen LogP contribution in [0.4, 0.5) is 0 Å². The van der Waals surface area contributed by atoms with Crippen molar-refractivity contribution in [3.8, 4) is 0 Å². The zero-order chi connectivity index (χ0) is 13.6. The lowest BCUT2D eigenvalue weighted by molar-refractivity contribution is 0.226. The van der Waals surface area contributed by atoms with Gasteiger partial charge in [0.2, 0.25) is 10.0 Å². The maximum Gasteiger partial charge on any atom is 0.244 e. The van der Waals surface area contributed by atoms with Crippen molar-refractivity contribution in [1.82, 2.24) is 9.21 Å². The van der Waals surface area contributed by atoms with E-state index in [0.29, 0.717) is 18.1 Å². The van der Waals surface area contributed by atoms with Gasteiger partial charge in [-0.3, -0.25) is 4.90 Å². The summed E-state index contributed by atoms with van der Waals surface area (Å²) < 4.78 is 26.5. The van der Waals surface area contributed by atoms with Gasteiger partial charge in [0, 0.05) is 12.1 Å². The molecule has 100 valence electrons. The standard InChI is InChI=1S/C13H20N2O2S/c1-11-5-7-12(8-6-11)18(16,17)15-9-13(2,3)14(4)10-15/h5-8H,9-10H2,1-4H3. The molecule has 1 fully saturated rings. The highest BCUT2D eigenvalue weighted by molar-refractivity contribution is 7.89. The summed E-state index contributed by atoms with van der Waals surface area (Å²) in [5, 5.41) is 0. The predicted molar refractivity (Wildman–Crippen MR) is 71.8 cm³/mol. The van der Waals surface area contributed by atoms with Crippen molar-refractivity contribution in [3.05, 3.63) is 29.8 Å². The van der Waals surface area contributed by atoms with Crippen LogP contribution in [0.1, 0.15) is 19.4 Å².